The van der Waals surface area contributed by atoms with Gasteiger partial charge in [0.25, 0.3) is 0 Å². The van der Waals surface area contributed by atoms with Crippen LogP contribution in [0.25, 0.3) is 32.6 Å². The molecule has 6 rings (SSSR count). The Balaban J connectivity index is 1.44. The van der Waals surface area contributed by atoms with Gasteiger partial charge in [-0.15, -0.1) is 11.3 Å². The van der Waals surface area contributed by atoms with Gasteiger partial charge in [-0.25, -0.2) is 14.8 Å². The number of aryl methyl sites for hydroxylation is 1. The van der Waals surface area contributed by atoms with E-state index in [0.717, 1.165) is 49.2 Å². The Hall–Kier alpha value is -4.82. The van der Waals surface area contributed by atoms with Crippen molar-refractivity contribution in [1.29, 1.82) is 0 Å². The number of likely N-dealkylation sites (tertiary alicyclic amines) is 1. The summed E-state index contributed by atoms with van der Waals surface area (Å²) in [5, 5.41) is 6.49. The number of benzene rings is 1. The van der Waals surface area contributed by atoms with E-state index >= 15 is 0 Å². The number of piperidine rings is 1. The molecule has 0 aliphatic carbocycles. The number of Topliss-reactive ketones (excluding diaryl/α,β-unsaturated/α-hetero) is 1. The van der Waals surface area contributed by atoms with Crippen molar-refractivity contribution in [3.05, 3.63) is 87.5 Å². The van der Waals surface area contributed by atoms with Crippen molar-refractivity contribution in [3.63, 3.8) is 0 Å². The van der Waals surface area contributed by atoms with Crippen LogP contribution in [0.1, 0.15) is 54.5 Å². The van der Waals surface area contributed by atoms with Crippen LogP contribution in [0, 0.1) is 0 Å². The summed E-state index contributed by atoms with van der Waals surface area (Å²) in [4.78, 5) is 49.2. The third kappa shape index (κ3) is 6.76. The average molecular weight is 678 g/mol. The van der Waals surface area contributed by atoms with Crippen molar-refractivity contribution in [3.8, 4) is 21.7 Å². The van der Waals surface area contributed by atoms with E-state index in [0.29, 0.717) is 34.1 Å². The smallest absolute Gasteiger partial charge is 0.353 e. The Morgan fingerprint density at radius 1 is 1.15 bits per heavy atom. The highest BCUT2D eigenvalue weighted by Gasteiger charge is 2.34. The quantitative estimate of drug-likeness (QED) is 0.176. The number of hydrogen-bond donors (Lipinski definition) is 2. The number of amides is 2. The number of alkyl halides is 3. The van der Waals surface area contributed by atoms with Crippen molar-refractivity contribution < 1.29 is 22.8 Å². The van der Waals surface area contributed by atoms with Gasteiger partial charge in [0.05, 0.1) is 11.1 Å². The van der Waals surface area contributed by atoms with E-state index in [1.165, 1.54) is 24.9 Å². The fourth-order valence-corrected chi connectivity index (χ4v) is 7.00. The normalized spacial score (nSPS) is 15.5. The first-order chi connectivity index (χ1) is 22.9. The third-order valence-electron chi connectivity index (χ3n) is 8.54. The number of carbonyl (C=O) groups excluding carboxylic acids is 2. The lowest BCUT2D eigenvalue weighted by atomic mass is 9.97. The van der Waals surface area contributed by atoms with E-state index < -0.39 is 23.3 Å². The van der Waals surface area contributed by atoms with Crippen molar-refractivity contribution >= 4 is 39.9 Å². The van der Waals surface area contributed by atoms with Crippen LogP contribution in [0.3, 0.4) is 0 Å². The number of aromatic nitrogens is 4. The molecule has 2 N–H and O–H groups in total. The summed E-state index contributed by atoms with van der Waals surface area (Å²) in [5.41, 5.74) is 1.64. The molecule has 48 heavy (non-hydrogen) atoms. The molecule has 5 aromatic rings. The van der Waals surface area contributed by atoms with Crippen molar-refractivity contribution in [2.45, 2.75) is 45.5 Å². The maximum absolute atomic E-state index is 13.8. The van der Waals surface area contributed by atoms with Gasteiger partial charge in [0, 0.05) is 78.9 Å². The van der Waals surface area contributed by atoms with E-state index in [-0.39, 0.29) is 28.2 Å². The van der Waals surface area contributed by atoms with Gasteiger partial charge in [0.2, 0.25) is 0 Å². The molecule has 10 nitrogen and oxygen atoms in total. The molecular formula is C34H34F3N7O3S. The lowest BCUT2D eigenvalue weighted by Crippen LogP contribution is -2.37. The van der Waals surface area contributed by atoms with Crippen LogP contribution < -0.4 is 16.1 Å². The van der Waals surface area contributed by atoms with E-state index in [9.17, 15) is 27.6 Å². The number of hydrogen-bond acceptors (Lipinski definition) is 7. The molecule has 4 aromatic heterocycles. The average Bonchev–Trinajstić information content (AvgIpc) is 3.71. The molecule has 1 aromatic carbocycles. The van der Waals surface area contributed by atoms with Gasteiger partial charge >= 0.3 is 12.2 Å². The van der Waals surface area contributed by atoms with Gasteiger partial charge in [-0.05, 0) is 69.1 Å². The van der Waals surface area contributed by atoms with Gasteiger partial charge in [0.15, 0.2) is 16.9 Å². The molecule has 5 heterocycles. The second-order valence-electron chi connectivity index (χ2n) is 11.8. The van der Waals surface area contributed by atoms with Gasteiger partial charge < -0.3 is 14.5 Å². The number of thiazole rings is 1. The largest absolute Gasteiger partial charge is 0.434 e. The number of nitrogens with zero attached hydrogens (tertiary/aromatic N) is 5. The van der Waals surface area contributed by atoms with Crippen LogP contribution >= 0.6 is 11.3 Å². The van der Waals surface area contributed by atoms with Gasteiger partial charge in [-0.2, -0.15) is 13.2 Å². The highest BCUT2D eigenvalue weighted by molar-refractivity contribution is 7.13. The number of halogens is 3. The Morgan fingerprint density at radius 2 is 1.96 bits per heavy atom. The summed E-state index contributed by atoms with van der Waals surface area (Å²) in [7, 11) is 2.01. The first-order valence-corrected chi connectivity index (χ1v) is 16.4. The summed E-state index contributed by atoms with van der Waals surface area (Å²) in [6.45, 7) is 5.90. The lowest BCUT2D eigenvalue weighted by Gasteiger charge is -2.35. The first kappa shape index (κ1) is 33.1. The van der Waals surface area contributed by atoms with E-state index in [4.69, 9.17) is 0 Å². The Labute approximate surface area is 278 Å². The third-order valence-corrected chi connectivity index (χ3v) is 9.42. The fourth-order valence-electron chi connectivity index (χ4n) is 6.15. The molecule has 1 aliphatic rings. The van der Waals surface area contributed by atoms with Crippen molar-refractivity contribution in [1.82, 2.24) is 29.3 Å². The molecule has 1 aliphatic heterocycles. The number of anilines is 1. The molecule has 250 valence electrons. The van der Waals surface area contributed by atoms with E-state index in [1.54, 1.807) is 31.3 Å². The number of pyridine rings is 2. The molecule has 1 atom stereocenters. The molecule has 0 bridgehead atoms. The fraction of sp³-hybridized carbons (Fsp3) is 0.324. The van der Waals surface area contributed by atoms with Crippen LogP contribution in [0.2, 0.25) is 0 Å². The zero-order valence-electron chi connectivity index (χ0n) is 26.6. The number of ketones is 1. The minimum Gasteiger partial charge on any atom is -0.353 e. The number of rotatable bonds is 8. The summed E-state index contributed by atoms with van der Waals surface area (Å²) >= 11 is 0.809. The Kier molecular flexibility index (Phi) is 9.21. The molecule has 1 unspecified atom stereocenters. The summed E-state index contributed by atoms with van der Waals surface area (Å²) in [6, 6.07) is 10.3. The van der Waals surface area contributed by atoms with E-state index in [1.807, 2.05) is 23.9 Å². The standard InChI is InChI=1S/C34H34F3N7O3S/c1-4-38-33(47)41-30-14-24(32-40-29(19-48-32)34(35,36)37)26(15-39-30)21-9-10-28-25(13-21)31(46)27(20(2)45)18-44(28)23-8-6-12-43(17-23)16-22-7-5-11-42(22)3/h5,7,9-11,13-15,18-19,23H,4,6,8,12,16-17H2,1-3H3,(H2,38,39,41,47). The van der Waals surface area contributed by atoms with Crippen LogP contribution in [0.15, 0.2) is 65.2 Å². The lowest BCUT2D eigenvalue weighted by molar-refractivity contribution is -0.140. The summed E-state index contributed by atoms with van der Waals surface area (Å²) < 4.78 is 44.7. The van der Waals surface area contributed by atoms with E-state index in [2.05, 4.69) is 36.1 Å². The molecule has 14 heteroatoms. The molecule has 0 saturated carbocycles. The minimum absolute atomic E-state index is 0.000899. The zero-order chi connectivity index (χ0) is 34.2. The highest BCUT2D eigenvalue weighted by Crippen LogP contribution is 2.39. The number of urea groups is 1. The maximum atomic E-state index is 13.8. The number of carbonyl (C=O) groups is 2. The SMILES string of the molecule is CCNC(=O)Nc1cc(-c2nc(C(F)(F)F)cs2)c(-c2ccc3c(c2)c(=O)c(C(C)=O)cn3C2CCCN(Cc3cccn3C)C2)cn1. The predicted molar refractivity (Wildman–Crippen MR) is 179 cm³/mol. The molecule has 0 spiro atoms. The minimum atomic E-state index is -4.64. The van der Waals surface area contributed by atoms with Gasteiger partial charge in [-0.1, -0.05) is 6.07 Å². The van der Waals surface area contributed by atoms with Crippen LogP contribution in [0.4, 0.5) is 23.8 Å². The van der Waals surface area contributed by atoms with Crippen LogP contribution in [-0.4, -0.2) is 55.5 Å². The van der Waals surface area contributed by atoms with Gasteiger partial charge in [-0.3, -0.25) is 19.8 Å². The molecule has 2 amide bonds. The predicted octanol–water partition coefficient (Wildman–Crippen LogP) is 6.73. The van der Waals surface area contributed by atoms with Crippen molar-refractivity contribution in [2.24, 2.45) is 7.05 Å². The van der Waals surface area contributed by atoms with Gasteiger partial charge in [0.1, 0.15) is 10.8 Å². The molecule has 1 saturated heterocycles. The monoisotopic (exact) mass is 677 g/mol. The maximum Gasteiger partial charge on any atom is 0.434 e. The number of fused-ring (bicyclic) bond motifs is 1. The van der Waals surface area contributed by atoms with Crippen molar-refractivity contribution in [2.75, 3.05) is 25.0 Å². The number of nitrogens with one attached hydrogen (secondary N) is 2. The summed E-state index contributed by atoms with van der Waals surface area (Å²) in [5.74, 6) is -0.245. The molecule has 0 radical (unpaired) electrons. The topological polar surface area (TPSA) is 114 Å². The first-order valence-electron chi connectivity index (χ1n) is 15.5. The second kappa shape index (κ2) is 13.4. The highest BCUT2D eigenvalue weighted by atomic mass is 32.1. The Bertz CT molecular complexity index is 2070. The Morgan fingerprint density at radius 3 is 2.65 bits per heavy atom. The molecular weight excluding hydrogens is 643 g/mol. The van der Waals surface area contributed by atoms with Crippen LogP contribution in [0.5, 0.6) is 0 Å². The second-order valence-corrected chi connectivity index (χ2v) is 12.7. The zero-order valence-corrected chi connectivity index (χ0v) is 27.4. The van der Waals surface area contributed by atoms with Crippen LogP contribution in [-0.2, 0) is 19.8 Å². The summed E-state index contributed by atoms with van der Waals surface area (Å²) in [6.07, 6.45) is 2.27. The molecule has 1 fully saturated rings.